The maximum absolute atomic E-state index is 12.0. The van der Waals surface area contributed by atoms with Gasteiger partial charge in [0.05, 0.1) is 18.4 Å². The summed E-state index contributed by atoms with van der Waals surface area (Å²) in [6.45, 7) is 3.09. The lowest BCUT2D eigenvalue weighted by Crippen LogP contribution is -2.39. The van der Waals surface area contributed by atoms with Crippen LogP contribution in [0.4, 0.5) is 10.5 Å². The molecule has 1 atom stereocenters. The zero-order valence-corrected chi connectivity index (χ0v) is 11.8. The van der Waals surface area contributed by atoms with E-state index in [2.05, 4.69) is 5.32 Å². The summed E-state index contributed by atoms with van der Waals surface area (Å²) in [6, 6.07) is 5.96. The molecule has 2 amide bonds. The Balaban J connectivity index is 1.87. The van der Waals surface area contributed by atoms with Gasteiger partial charge in [0.1, 0.15) is 0 Å². The van der Waals surface area contributed by atoms with Crippen LogP contribution in [-0.4, -0.2) is 40.4 Å². The number of carbonyl (C=O) groups excluding carboxylic acids is 1. The first-order valence-electron chi connectivity index (χ1n) is 7.05. The average Bonchev–Trinajstić information content (AvgIpc) is 2.44. The number of nitrogens with zero attached hydrogens (tertiary/aromatic N) is 1. The van der Waals surface area contributed by atoms with Crippen molar-refractivity contribution < 1.29 is 15.0 Å². The zero-order chi connectivity index (χ0) is 14.5. The molecule has 1 aliphatic heterocycles. The summed E-state index contributed by atoms with van der Waals surface area (Å²) in [6.07, 6.45) is 1.55. The molecule has 1 aliphatic rings. The van der Waals surface area contributed by atoms with Crippen LogP contribution in [-0.2, 0) is 6.54 Å². The van der Waals surface area contributed by atoms with E-state index in [1.807, 2.05) is 25.1 Å². The van der Waals surface area contributed by atoms with Gasteiger partial charge >= 0.3 is 6.03 Å². The summed E-state index contributed by atoms with van der Waals surface area (Å²) in [7, 11) is 0. The fourth-order valence-corrected chi connectivity index (χ4v) is 2.46. The molecule has 1 unspecified atom stereocenters. The number of para-hydroxylation sites is 1. The Morgan fingerprint density at radius 3 is 2.95 bits per heavy atom. The number of hydrogen-bond donors (Lipinski definition) is 3. The number of unbranched alkanes of at least 4 members (excludes halogenated alkanes) is 1. The van der Waals surface area contributed by atoms with Gasteiger partial charge in [-0.3, -0.25) is 0 Å². The van der Waals surface area contributed by atoms with Crippen LogP contribution in [0.3, 0.4) is 0 Å². The molecule has 0 aromatic heterocycles. The second kappa shape index (κ2) is 6.72. The number of carbonyl (C=O) groups is 1. The molecular formula is C15H22N2O3. The Bertz CT molecular complexity index is 476. The number of fused-ring (bicyclic) bond motifs is 1. The lowest BCUT2D eigenvalue weighted by atomic mass is 10.1. The Labute approximate surface area is 119 Å². The third-order valence-electron chi connectivity index (χ3n) is 3.67. The van der Waals surface area contributed by atoms with E-state index in [-0.39, 0.29) is 12.6 Å². The Hall–Kier alpha value is -1.59. The smallest absolute Gasteiger partial charge is 0.322 e. The summed E-state index contributed by atoms with van der Waals surface area (Å²) in [4.78, 5) is 13.8. The first-order valence-corrected chi connectivity index (χ1v) is 7.05. The van der Waals surface area contributed by atoms with E-state index in [1.54, 1.807) is 4.90 Å². The van der Waals surface area contributed by atoms with Crippen LogP contribution in [0.15, 0.2) is 18.2 Å². The minimum Gasteiger partial charge on any atom is -0.394 e. The standard InChI is InChI=1S/C15H22N2O3/c1-11-5-4-6-12-9-17(15(20)16-14(11)12)8-3-2-7-13(19)10-18/h4-6,13,18-19H,2-3,7-10H2,1H3,(H,16,20). The van der Waals surface area contributed by atoms with Crippen molar-refractivity contribution in [2.45, 2.75) is 38.8 Å². The highest BCUT2D eigenvalue weighted by atomic mass is 16.3. The summed E-state index contributed by atoms with van der Waals surface area (Å²) in [5, 5.41) is 20.9. The molecule has 0 spiro atoms. The van der Waals surface area contributed by atoms with E-state index in [4.69, 9.17) is 5.11 Å². The quantitative estimate of drug-likeness (QED) is 0.695. The van der Waals surface area contributed by atoms with E-state index in [1.165, 1.54) is 0 Å². The highest BCUT2D eigenvalue weighted by Crippen LogP contribution is 2.26. The molecule has 1 aromatic rings. The minimum absolute atomic E-state index is 0.0606. The first kappa shape index (κ1) is 14.8. The molecule has 0 aliphatic carbocycles. The van der Waals surface area contributed by atoms with Crippen LogP contribution < -0.4 is 5.32 Å². The highest BCUT2D eigenvalue weighted by Gasteiger charge is 2.22. The molecule has 2 rings (SSSR count). The van der Waals surface area contributed by atoms with E-state index < -0.39 is 6.10 Å². The van der Waals surface area contributed by atoms with E-state index in [0.717, 1.165) is 29.7 Å². The zero-order valence-electron chi connectivity index (χ0n) is 11.8. The Morgan fingerprint density at radius 2 is 2.20 bits per heavy atom. The monoisotopic (exact) mass is 278 g/mol. The van der Waals surface area contributed by atoms with Crippen LogP contribution >= 0.6 is 0 Å². The molecule has 1 heterocycles. The molecule has 0 saturated heterocycles. The predicted octanol–water partition coefficient (Wildman–Crippen LogP) is 1.87. The molecule has 0 saturated carbocycles. The van der Waals surface area contributed by atoms with Crippen LogP contribution in [0, 0.1) is 6.92 Å². The van der Waals surface area contributed by atoms with Gasteiger partial charge in [-0.05, 0) is 37.3 Å². The average molecular weight is 278 g/mol. The van der Waals surface area contributed by atoms with Crippen molar-refractivity contribution in [1.29, 1.82) is 0 Å². The van der Waals surface area contributed by atoms with Gasteiger partial charge in [0.15, 0.2) is 0 Å². The molecule has 1 aromatic carbocycles. The fraction of sp³-hybridized carbons (Fsp3) is 0.533. The van der Waals surface area contributed by atoms with E-state index in [0.29, 0.717) is 19.5 Å². The third kappa shape index (κ3) is 3.49. The van der Waals surface area contributed by atoms with Gasteiger partial charge in [-0.15, -0.1) is 0 Å². The third-order valence-corrected chi connectivity index (χ3v) is 3.67. The summed E-state index contributed by atoms with van der Waals surface area (Å²) < 4.78 is 0. The molecule has 0 fully saturated rings. The van der Waals surface area contributed by atoms with Crippen molar-refractivity contribution in [1.82, 2.24) is 4.90 Å². The number of benzene rings is 1. The lowest BCUT2D eigenvalue weighted by Gasteiger charge is -2.30. The van der Waals surface area contributed by atoms with Gasteiger partial charge < -0.3 is 20.4 Å². The molecule has 110 valence electrons. The SMILES string of the molecule is Cc1cccc2c1NC(=O)N(CCCCC(O)CO)C2. The van der Waals surface area contributed by atoms with Crippen molar-refractivity contribution in [3.63, 3.8) is 0 Å². The van der Waals surface area contributed by atoms with Gasteiger partial charge in [-0.25, -0.2) is 4.79 Å². The molecule has 20 heavy (non-hydrogen) atoms. The number of aryl methyl sites for hydroxylation is 1. The normalized spacial score (nSPS) is 15.8. The molecule has 0 radical (unpaired) electrons. The second-order valence-electron chi connectivity index (χ2n) is 5.29. The van der Waals surface area contributed by atoms with Crippen molar-refractivity contribution in [3.8, 4) is 0 Å². The van der Waals surface area contributed by atoms with Gasteiger partial charge in [-0.2, -0.15) is 0 Å². The van der Waals surface area contributed by atoms with Crippen LogP contribution in [0.25, 0.3) is 0 Å². The maximum Gasteiger partial charge on any atom is 0.322 e. The predicted molar refractivity (Wildman–Crippen MR) is 77.6 cm³/mol. The maximum atomic E-state index is 12.0. The number of rotatable bonds is 6. The fourth-order valence-electron chi connectivity index (χ4n) is 2.46. The first-order chi connectivity index (χ1) is 9.61. The highest BCUT2D eigenvalue weighted by molar-refractivity contribution is 5.93. The number of amides is 2. The Kier molecular flexibility index (Phi) is 4.98. The van der Waals surface area contributed by atoms with Crippen molar-refractivity contribution in [3.05, 3.63) is 29.3 Å². The van der Waals surface area contributed by atoms with Crippen molar-refractivity contribution in [2.24, 2.45) is 0 Å². The molecule has 5 heteroatoms. The number of nitrogens with one attached hydrogen (secondary N) is 1. The van der Waals surface area contributed by atoms with Crippen LogP contribution in [0.1, 0.15) is 30.4 Å². The number of urea groups is 1. The summed E-state index contributed by atoms with van der Waals surface area (Å²) in [5.41, 5.74) is 3.16. The van der Waals surface area contributed by atoms with Gasteiger partial charge in [0.2, 0.25) is 0 Å². The second-order valence-corrected chi connectivity index (χ2v) is 5.29. The topological polar surface area (TPSA) is 72.8 Å². The number of aliphatic hydroxyl groups excluding tert-OH is 2. The Morgan fingerprint density at radius 1 is 1.40 bits per heavy atom. The van der Waals surface area contributed by atoms with E-state index in [9.17, 15) is 9.90 Å². The number of hydrogen-bond acceptors (Lipinski definition) is 3. The largest absolute Gasteiger partial charge is 0.394 e. The van der Waals surface area contributed by atoms with Gasteiger partial charge in [0.25, 0.3) is 0 Å². The lowest BCUT2D eigenvalue weighted by molar-refractivity contribution is 0.0855. The molecule has 3 N–H and O–H groups in total. The molecular weight excluding hydrogens is 256 g/mol. The van der Waals surface area contributed by atoms with E-state index >= 15 is 0 Å². The van der Waals surface area contributed by atoms with Crippen molar-refractivity contribution in [2.75, 3.05) is 18.5 Å². The molecule has 0 bridgehead atoms. The number of aliphatic hydroxyl groups is 2. The minimum atomic E-state index is -0.645. The summed E-state index contributed by atoms with van der Waals surface area (Å²) in [5.74, 6) is 0. The van der Waals surface area contributed by atoms with Gasteiger partial charge in [0, 0.05) is 13.1 Å². The van der Waals surface area contributed by atoms with Crippen LogP contribution in [0.2, 0.25) is 0 Å². The van der Waals surface area contributed by atoms with Gasteiger partial charge in [-0.1, -0.05) is 18.2 Å². The van der Waals surface area contributed by atoms with Crippen molar-refractivity contribution >= 4 is 11.7 Å². The van der Waals surface area contributed by atoms with Crippen LogP contribution in [0.5, 0.6) is 0 Å². The number of anilines is 1. The summed E-state index contributed by atoms with van der Waals surface area (Å²) >= 11 is 0. The molecule has 5 nitrogen and oxygen atoms in total.